The lowest BCUT2D eigenvalue weighted by Gasteiger charge is -2.25. The number of carbonyl (C=O) groups is 1. The van der Waals surface area contributed by atoms with Gasteiger partial charge < -0.3 is 19.8 Å². The Morgan fingerprint density at radius 3 is 1.51 bits per heavy atom. The zero-order valence-corrected chi connectivity index (χ0v) is 38.7. The van der Waals surface area contributed by atoms with Crippen LogP contribution in [0.3, 0.4) is 0 Å². The number of unbranched alkanes of at least 4 members (excludes halogenated alkanes) is 23. The smallest absolute Gasteiger partial charge is 0.387 e. The lowest BCUT2D eigenvalue weighted by atomic mass is 10.1. The standard InChI is InChI=1S/C48H91N2O6P/c1-6-8-10-12-14-16-18-20-21-22-23-24-25-26-27-28-29-30-32-34-36-38-40-42-48(52)49-46(45-56-57(53,54)55-44-43-50(3,4)5)47(51)41-39-37-35-33-31-19-17-15-13-11-9-7-2/h23-24,26-27,31,33,39,41,46-47,51H,6-22,25,28-30,32,34-38,40,42-45H2,1-5H3,(H-,49,52,53,54)/p+1/b24-23-,27-26-,33-31+,41-39+. The van der Waals surface area contributed by atoms with Crippen molar-refractivity contribution in [1.82, 2.24) is 5.32 Å². The van der Waals surface area contributed by atoms with E-state index in [4.69, 9.17) is 9.05 Å². The number of phosphoric ester groups is 1. The van der Waals surface area contributed by atoms with E-state index in [-0.39, 0.29) is 19.1 Å². The molecule has 0 bridgehead atoms. The maximum atomic E-state index is 12.9. The number of quaternary nitrogens is 1. The van der Waals surface area contributed by atoms with Crippen molar-refractivity contribution in [3.05, 3.63) is 48.6 Å². The maximum absolute atomic E-state index is 12.9. The molecule has 0 aromatic rings. The van der Waals surface area contributed by atoms with Gasteiger partial charge >= 0.3 is 7.82 Å². The van der Waals surface area contributed by atoms with Crippen LogP contribution < -0.4 is 5.32 Å². The van der Waals surface area contributed by atoms with Crippen LogP contribution in [0.5, 0.6) is 0 Å². The minimum Gasteiger partial charge on any atom is -0.387 e. The second kappa shape index (κ2) is 39.9. The molecule has 0 aliphatic heterocycles. The second-order valence-electron chi connectivity index (χ2n) is 17.1. The van der Waals surface area contributed by atoms with Gasteiger partial charge in [-0.15, -0.1) is 0 Å². The molecule has 9 heteroatoms. The fourth-order valence-electron chi connectivity index (χ4n) is 6.50. The Labute approximate surface area is 352 Å². The first-order valence-corrected chi connectivity index (χ1v) is 25.0. The molecule has 0 heterocycles. The van der Waals surface area contributed by atoms with Gasteiger partial charge in [0.05, 0.1) is 39.9 Å². The first kappa shape index (κ1) is 55.5. The van der Waals surface area contributed by atoms with Gasteiger partial charge in [-0.1, -0.05) is 178 Å². The average Bonchev–Trinajstić information content (AvgIpc) is 3.16. The highest BCUT2D eigenvalue weighted by molar-refractivity contribution is 7.47. The zero-order chi connectivity index (χ0) is 42.1. The maximum Gasteiger partial charge on any atom is 0.472 e. The lowest BCUT2D eigenvalue weighted by Crippen LogP contribution is -2.45. The van der Waals surface area contributed by atoms with Crippen LogP contribution in [-0.2, 0) is 18.4 Å². The Morgan fingerprint density at radius 1 is 0.596 bits per heavy atom. The molecule has 0 aromatic heterocycles. The third kappa shape index (κ3) is 42.4. The van der Waals surface area contributed by atoms with E-state index in [1.807, 2.05) is 27.2 Å². The minimum atomic E-state index is -4.35. The van der Waals surface area contributed by atoms with Gasteiger partial charge in [0.15, 0.2) is 0 Å². The van der Waals surface area contributed by atoms with Crippen molar-refractivity contribution in [2.75, 3.05) is 40.9 Å². The molecule has 1 amide bonds. The zero-order valence-electron chi connectivity index (χ0n) is 37.8. The van der Waals surface area contributed by atoms with Crippen molar-refractivity contribution in [3.8, 4) is 0 Å². The number of likely N-dealkylation sites (N-methyl/N-ethyl adjacent to an activating group) is 1. The number of aliphatic hydroxyl groups excluding tert-OH is 1. The lowest BCUT2D eigenvalue weighted by molar-refractivity contribution is -0.870. The number of amides is 1. The Hall–Kier alpha value is -1.54. The first-order chi connectivity index (χ1) is 27.5. The summed E-state index contributed by atoms with van der Waals surface area (Å²) < 4.78 is 23.5. The molecule has 0 aromatic carbocycles. The molecule has 0 spiro atoms. The Kier molecular flexibility index (Phi) is 38.8. The molecule has 3 N–H and O–H groups in total. The molecular weight excluding hydrogens is 732 g/mol. The van der Waals surface area contributed by atoms with Crippen LogP contribution in [0.15, 0.2) is 48.6 Å². The van der Waals surface area contributed by atoms with Gasteiger partial charge in [-0.05, 0) is 64.2 Å². The molecule has 3 unspecified atom stereocenters. The highest BCUT2D eigenvalue weighted by atomic mass is 31.2. The van der Waals surface area contributed by atoms with Crippen molar-refractivity contribution < 1.29 is 32.9 Å². The molecule has 0 aliphatic carbocycles. The molecule has 334 valence electrons. The van der Waals surface area contributed by atoms with Gasteiger partial charge in [0, 0.05) is 6.42 Å². The molecule has 3 atom stereocenters. The van der Waals surface area contributed by atoms with Crippen molar-refractivity contribution in [3.63, 3.8) is 0 Å². The number of aliphatic hydroxyl groups is 1. The summed E-state index contributed by atoms with van der Waals surface area (Å²) in [6.45, 7) is 4.76. The predicted octanol–water partition coefficient (Wildman–Crippen LogP) is 13.2. The van der Waals surface area contributed by atoms with Gasteiger partial charge in [0.1, 0.15) is 13.2 Å². The van der Waals surface area contributed by atoms with Crippen molar-refractivity contribution in [2.24, 2.45) is 0 Å². The molecule has 0 rings (SSSR count). The van der Waals surface area contributed by atoms with E-state index in [9.17, 15) is 19.4 Å². The van der Waals surface area contributed by atoms with Crippen LogP contribution in [0.25, 0.3) is 0 Å². The summed E-state index contributed by atoms with van der Waals surface area (Å²) in [5, 5.41) is 13.8. The highest BCUT2D eigenvalue weighted by Crippen LogP contribution is 2.43. The summed E-state index contributed by atoms with van der Waals surface area (Å²) in [5.74, 6) is -0.197. The Bertz CT molecular complexity index is 1070. The monoisotopic (exact) mass is 824 g/mol. The quantitative estimate of drug-likeness (QED) is 0.0245. The SMILES string of the molecule is CCCCCCCC/C=C/CC/C=C/C(O)C(COP(=O)(O)OCC[N+](C)(C)C)NC(=O)CCCCCCCCC/C=C\C/C=C\CCCCCCCCCCC. The molecular formula is C48H92N2O6P+. The third-order valence-electron chi connectivity index (χ3n) is 10.3. The minimum absolute atomic E-state index is 0.0531. The largest absolute Gasteiger partial charge is 0.472 e. The van der Waals surface area contributed by atoms with Gasteiger partial charge in [0.25, 0.3) is 0 Å². The van der Waals surface area contributed by atoms with Crippen LogP contribution in [0.1, 0.15) is 200 Å². The van der Waals surface area contributed by atoms with Gasteiger partial charge in [0.2, 0.25) is 5.91 Å². The van der Waals surface area contributed by atoms with E-state index in [1.165, 1.54) is 128 Å². The first-order valence-electron chi connectivity index (χ1n) is 23.5. The van der Waals surface area contributed by atoms with Crippen molar-refractivity contribution in [1.29, 1.82) is 0 Å². The van der Waals surface area contributed by atoms with E-state index in [1.54, 1.807) is 6.08 Å². The van der Waals surface area contributed by atoms with E-state index >= 15 is 0 Å². The van der Waals surface area contributed by atoms with E-state index in [0.29, 0.717) is 17.4 Å². The third-order valence-corrected chi connectivity index (χ3v) is 11.3. The summed E-state index contributed by atoms with van der Waals surface area (Å²) in [6, 6.07) is -0.867. The molecule has 8 nitrogen and oxygen atoms in total. The van der Waals surface area contributed by atoms with E-state index in [2.05, 4.69) is 55.6 Å². The molecule has 0 aliphatic rings. The van der Waals surface area contributed by atoms with E-state index in [0.717, 1.165) is 51.4 Å². The number of nitrogens with one attached hydrogen (secondary N) is 1. The van der Waals surface area contributed by atoms with Crippen LogP contribution in [0.2, 0.25) is 0 Å². The number of carbonyl (C=O) groups excluding carboxylic acids is 1. The number of hydrogen-bond donors (Lipinski definition) is 3. The summed E-state index contributed by atoms with van der Waals surface area (Å²) in [7, 11) is 1.54. The summed E-state index contributed by atoms with van der Waals surface area (Å²) >= 11 is 0. The van der Waals surface area contributed by atoms with Crippen molar-refractivity contribution in [2.45, 2.75) is 212 Å². The van der Waals surface area contributed by atoms with Crippen molar-refractivity contribution >= 4 is 13.7 Å². The number of allylic oxidation sites excluding steroid dienone is 7. The molecule has 0 fully saturated rings. The van der Waals surface area contributed by atoms with E-state index < -0.39 is 20.0 Å². The number of hydrogen-bond acceptors (Lipinski definition) is 5. The average molecular weight is 824 g/mol. The molecule has 0 saturated carbocycles. The predicted molar refractivity (Wildman–Crippen MR) is 244 cm³/mol. The highest BCUT2D eigenvalue weighted by Gasteiger charge is 2.27. The number of nitrogens with zero attached hydrogens (tertiary/aromatic N) is 1. The molecule has 57 heavy (non-hydrogen) atoms. The van der Waals surface area contributed by atoms with Crippen LogP contribution in [0, 0.1) is 0 Å². The summed E-state index contributed by atoms with van der Waals surface area (Å²) in [4.78, 5) is 23.1. The number of phosphoric acid groups is 1. The fourth-order valence-corrected chi connectivity index (χ4v) is 7.23. The number of rotatable bonds is 42. The Balaban J connectivity index is 4.34. The summed E-state index contributed by atoms with van der Waals surface area (Å²) in [5.41, 5.74) is 0. The normalized spacial score (nSPS) is 14.7. The summed E-state index contributed by atoms with van der Waals surface area (Å²) in [6.07, 6.45) is 50.5. The fraction of sp³-hybridized carbons (Fsp3) is 0.812. The van der Waals surface area contributed by atoms with Gasteiger partial charge in [-0.25, -0.2) is 4.57 Å². The topological polar surface area (TPSA) is 105 Å². The molecule has 0 radical (unpaired) electrons. The van der Waals surface area contributed by atoms with Crippen LogP contribution in [0.4, 0.5) is 0 Å². The molecule has 0 saturated heterocycles. The van der Waals surface area contributed by atoms with Gasteiger partial charge in [-0.3, -0.25) is 13.8 Å². The van der Waals surface area contributed by atoms with Crippen LogP contribution >= 0.6 is 7.82 Å². The Morgan fingerprint density at radius 2 is 1.02 bits per heavy atom. The van der Waals surface area contributed by atoms with Gasteiger partial charge in [-0.2, -0.15) is 0 Å². The van der Waals surface area contributed by atoms with Crippen LogP contribution in [-0.4, -0.2) is 73.4 Å². The second-order valence-corrected chi connectivity index (χ2v) is 18.6.